The molecular weight excluding hydrogens is 605 g/mol. The number of aryl methyl sites for hydroxylation is 1. The molecule has 180 valence electrons. The first-order valence-electron chi connectivity index (χ1n) is 10.5. The van der Waals surface area contributed by atoms with Gasteiger partial charge in [0.2, 0.25) is 0 Å². The normalized spacial score (nSPS) is 11.4. The highest BCUT2D eigenvalue weighted by molar-refractivity contribution is 9.10. The number of hydrogen-bond donors (Lipinski definition) is 0. The van der Waals surface area contributed by atoms with Crippen molar-refractivity contribution in [2.45, 2.75) is 20.5 Å². The molecule has 0 aliphatic heterocycles. The van der Waals surface area contributed by atoms with Gasteiger partial charge in [-0.05, 0) is 71.7 Å². The molecule has 0 unspecified atom stereocenters. The van der Waals surface area contributed by atoms with Crippen molar-refractivity contribution in [3.05, 3.63) is 95.6 Å². The minimum absolute atomic E-state index is 0.102. The quantitative estimate of drug-likeness (QED) is 0.211. The van der Waals surface area contributed by atoms with Gasteiger partial charge in [0.05, 0.1) is 23.7 Å². The van der Waals surface area contributed by atoms with Crippen LogP contribution in [0.2, 0.25) is 5.02 Å². The first-order chi connectivity index (χ1) is 16.8. The summed E-state index contributed by atoms with van der Waals surface area (Å²) < 4.78 is 27.7. The molecule has 4 rings (SSSR count). The van der Waals surface area contributed by atoms with Crippen LogP contribution in [0, 0.1) is 12.7 Å². The summed E-state index contributed by atoms with van der Waals surface area (Å²) in [5, 5.41) is 5.07. The van der Waals surface area contributed by atoms with Gasteiger partial charge < -0.3 is 9.47 Å². The van der Waals surface area contributed by atoms with Crippen LogP contribution in [-0.2, 0) is 6.61 Å². The highest BCUT2D eigenvalue weighted by atomic mass is 79.9. The van der Waals surface area contributed by atoms with Crippen molar-refractivity contribution < 1.29 is 13.9 Å². The predicted molar refractivity (Wildman–Crippen MR) is 142 cm³/mol. The summed E-state index contributed by atoms with van der Waals surface area (Å²) in [4.78, 5) is 17.5. The van der Waals surface area contributed by atoms with Gasteiger partial charge in [-0.2, -0.15) is 9.78 Å². The lowest BCUT2D eigenvalue weighted by Gasteiger charge is -2.16. The van der Waals surface area contributed by atoms with Gasteiger partial charge in [-0.25, -0.2) is 9.37 Å². The zero-order valence-corrected chi connectivity index (χ0v) is 22.6. The Morgan fingerprint density at radius 3 is 2.71 bits per heavy atom. The molecule has 0 aliphatic carbocycles. The standard InChI is InChI=1S/C25H19Br2ClFN3O3/c1-3-34-21-10-16(22(27)23(28)24(21)35-13-15-5-4-6-18(29)9-15)12-30-32-14(2)31-20-8-7-17(26)11-19(20)25(32)33/h4-12H,3,13H2,1-2H3. The Morgan fingerprint density at radius 1 is 1.17 bits per heavy atom. The molecule has 0 saturated heterocycles. The van der Waals surface area contributed by atoms with E-state index in [0.717, 1.165) is 4.47 Å². The zero-order valence-electron chi connectivity index (χ0n) is 18.7. The number of benzene rings is 3. The summed E-state index contributed by atoms with van der Waals surface area (Å²) in [7, 11) is 0. The van der Waals surface area contributed by atoms with Crippen molar-refractivity contribution in [3.8, 4) is 11.5 Å². The van der Waals surface area contributed by atoms with Crippen LogP contribution in [0.15, 0.2) is 67.4 Å². The van der Waals surface area contributed by atoms with Crippen molar-refractivity contribution in [3.63, 3.8) is 0 Å². The summed E-state index contributed by atoms with van der Waals surface area (Å²) in [5.74, 6) is 0.787. The molecule has 35 heavy (non-hydrogen) atoms. The van der Waals surface area contributed by atoms with Crippen LogP contribution in [0.4, 0.5) is 4.39 Å². The molecule has 0 atom stereocenters. The fourth-order valence-electron chi connectivity index (χ4n) is 3.39. The van der Waals surface area contributed by atoms with E-state index >= 15 is 0 Å². The Bertz CT molecular complexity index is 1510. The Labute approximate surface area is 222 Å². The molecule has 6 nitrogen and oxygen atoms in total. The van der Waals surface area contributed by atoms with Gasteiger partial charge in [0.15, 0.2) is 11.5 Å². The summed E-state index contributed by atoms with van der Waals surface area (Å²) in [6.07, 6.45) is 1.49. The first-order valence-corrected chi connectivity index (χ1v) is 12.5. The molecule has 0 radical (unpaired) electrons. The van der Waals surface area contributed by atoms with Crippen LogP contribution in [0.5, 0.6) is 11.5 Å². The van der Waals surface area contributed by atoms with E-state index in [1.807, 2.05) is 13.0 Å². The molecule has 0 amide bonds. The highest BCUT2D eigenvalue weighted by Gasteiger charge is 2.18. The molecule has 0 N–H and O–H groups in total. The second-order valence-electron chi connectivity index (χ2n) is 7.45. The summed E-state index contributed by atoms with van der Waals surface area (Å²) in [6, 6.07) is 13.1. The number of rotatable bonds is 7. The fraction of sp³-hybridized carbons (Fsp3) is 0.160. The number of halogens is 4. The number of fused-ring (bicyclic) bond motifs is 1. The number of hydrogen-bond acceptors (Lipinski definition) is 5. The van der Waals surface area contributed by atoms with Crippen LogP contribution in [0.25, 0.3) is 10.9 Å². The number of ether oxygens (including phenoxy) is 2. The van der Waals surface area contributed by atoms with Crippen molar-refractivity contribution in [1.29, 1.82) is 0 Å². The van der Waals surface area contributed by atoms with E-state index < -0.39 is 0 Å². The summed E-state index contributed by atoms with van der Waals surface area (Å²) in [6.45, 7) is 4.01. The molecule has 0 aliphatic rings. The predicted octanol–water partition coefficient (Wildman–Crippen LogP) is 6.88. The van der Waals surface area contributed by atoms with Gasteiger partial charge in [-0.15, -0.1) is 0 Å². The largest absolute Gasteiger partial charge is 0.490 e. The third-order valence-electron chi connectivity index (χ3n) is 5.01. The minimum atomic E-state index is -0.351. The average Bonchev–Trinajstić information content (AvgIpc) is 2.82. The van der Waals surface area contributed by atoms with Gasteiger partial charge >= 0.3 is 0 Å². The van der Waals surface area contributed by atoms with E-state index in [0.29, 0.717) is 50.4 Å². The molecule has 1 heterocycles. The van der Waals surface area contributed by atoms with Crippen LogP contribution in [-0.4, -0.2) is 22.5 Å². The van der Waals surface area contributed by atoms with E-state index in [1.54, 1.807) is 37.3 Å². The SMILES string of the molecule is CCOc1cc(C=Nn2c(C)nc3ccc(Br)cc3c2=O)c(Br)c(Cl)c1OCc1cccc(F)c1. The van der Waals surface area contributed by atoms with E-state index in [9.17, 15) is 9.18 Å². The Hall–Kier alpha value is -2.75. The van der Waals surface area contributed by atoms with Crippen LogP contribution in [0.1, 0.15) is 23.9 Å². The summed E-state index contributed by atoms with van der Waals surface area (Å²) >= 11 is 13.5. The molecule has 0 fully saturated rings. The molecule has 4 aromatic rings. The van der Waals surface area contributed by atoms with Gasteiger partial charge in [0, 0.05) is 14.5 Å². The lowest BCUT2D eigenvalue weighted by Crippen LogP contribution is -2.20. The molecule has 0 bridgehead atoms. The third kappa shape index (κ3) is 5.58. The van der Waals surface area contributed by atoms with Crippen molar-refractivity contribution in [2.24, 2.45) is 5.10 Å². The monoisotopic (exact) mass is 621 g/mol. The minimum Gasteiger partial charge on any atom is -0.490 e. The third-order valence-corrected chi connectivity index (χ3v) is 6.95. The average molecular weight is 624 g/mol. The highest BCUT2D eigenvalue weighted by Crippen LogP contribution is 2.42. The maximum Gasteiger partial charge on any atom is 0.282 e. The Balaban J connectivity index is 1.71. The van der Waals surface area contributed by atoms with Gasteiger partial charge in [0.25, 0.3) is 5.56 Å². The smallest absolute Gasteiger partial charge is 0.282 e. The topological polar surface area (TPSA) is 65.7 Å². The zero-order chi connectivity index (χ0) is 25.1. The van der Waals surface area contributed by atoms with Gasteiger partial charge in [-0.1, -0.05) is 39.7 Å². The molecule has 3 aromatic carbocycles. The lowest BCUT2D eigenvalue weighted by molar-refractivity contribution is 0.269. The van der Waals surface area contributed by atoms with E-state index in [-0.39, 0.29) is 23.0 Å². The molecule has 0 spiro atoms. The van der Waals surface area contributed by atoms with Crippen molar-refractivity contribution in [1.82, 2.24) is 9.66 Å². The molecule has 10 heteroatoms. The molecular formula is C25H19Br2ClFN3O3. The van der Waals surface area contributed by atoms with Crippen molar-refractivity contribution in [2.75, 3.05) is 6.61 Å². The lowest BCUT2D eigenvalue weighted by atomic mass is 10.2. The van der Waals surface area contributed by atoms with Gasteiger partial charge in [-0.3, -0.25) is 4.79 Å². The Morgan fingerprint density at radius 2 is 1.97 bits per heavy atom. The Kier molecular flexibility index (Phi) is 7.88. The van der Waals surface area contributed by atoms with Crippen LogP contribution < -0.4 is 15.0 Å². The van der Waals surface area contributed by atoms with E-state index in [2.05, 4.69) is 41.9 Å². The number of nitrogens with zero attached hydrogens (tertiary/aromatic N) is 3. The maximum absolute atomic E-state index is 13.5. The molecule has 1 aromatic heterocycles. The van der Waals surface area contributed by atoms with E-state index in [4.69, 9.17) is 21.1 Å². The summed E-state index contributed by atoms with van der Waals surface area (Å²) in [5.41, 5.74) is 1.50. The second kappa shape index (κ2) is 10.9. The first kappa shape index (κ1) is 25.3. The van der Waals surface area contributed by atoms with Crippen LogP contribution >= 0.6 is 43.5 Å². The van der Waals surface area contributed by atoms with Crippen molar-refractivity contribution >= 4 is 60.6 Å². The maximum atomic E-state index is 13.5. The number of aromatic nitrogens is 2. The van der Waals surface area contributed by atoms with Gasteiger partial charge in [0.1, 0.15) is 23.3 Å². The van der Waals surface area contributed by atoms with Crippen LogP contribution in [0.3, 0.4) is 0 Å². The second-order valence-corrected chi connectivity index (χ2v) is 9.54. The molecule has 0 saturated carbocycles. The van der Waals surface area contributed by atoms with E-state index in [1.165, 1.54) is 23.0 Å². The fourth-order valence-corrected chi connectivity index (χ4v) is 4.41.